The van der Waals surface area contributed by atoms with Gasteiger partial charge in [-0.1, -0.05) is 18.2 Å². The Labute approximate surface area is 146 Å². The number of nitrogens with zero attached hydrogens (tertiary/aromatic N) is 4. The molecule has 0 spiro atoms. The molecule has 1 aliphatic heterocycles. The zero-order valence-electron chi connectivity index (χ0n) is 14.9. The summed E-state index contributed by atoms with van der Waals surface area (Å²) in [6, 6.07) is 8.04. The van der Waals surface area contributed by atoms with Crippen molar-refractivity contribution in [2.45, 2.75) is 39.2 Å². The zero-order chi connectivity index (χ0) is 17.6. The quantitative estimate of drug-likeness (QED) is 0.799. The smallest absolute Gasteiger partial charge is 0.229 e. The summed E-state index contributed by atoms with van der Waals surface area (Å²) in [7, 11) is 1.96. The van der Waals surface area contributed by atoms with E-state index in [1.165, 1.54) is 5.56 Å². The first-order chi connectivity index (χ1) is 12.1. The maximum Gasteiger partial charge on any atom is 0.229 e. The van der Waals surface area contributed by atoms with Gasteiger partial charge in [-0.2, -0.15) is 10.2 Å². The standard InChI is InChI=1S/C19H23N5O/c1-12-19(13(2)23(3)22-12)17-9-6-10-24(17)18(25)11-16-14-7-4-5-8-15(14)20-21-16/h4-5,7-8,17H,6,9-11H2,1-3H3,(H,20,21)/t17-/m0/s1. The number of aromatic nitrogens is 4. The highest BCUT2D eigenvalue weighted by molar-refractivity contribution is 5.87. The average Bonchev–Trinajstić information content (AvgIpc) is 3.27. The number of likely N-dealkylation sites (tertiary alicyclic amines) is 1. The molecule has 1 amide bonds. The van der Waals surface area contributed by atoms with Crippen LogP contribution in [-0.2, 0) is 18.3 Å². The Kier molecular flexibility index (Phi) is 3.82. The fraction of sp³-hybridized carbons (Fsp3) is 0.421. The largest absolute Gasteiger partial charge is 0.335 e. The third-order valence-electron chi connectivity index (χ3n) is 5.34. The van der Waals surface area contributed by atoms with Gasteiger partial charge >= 0.3 is 0 Å². The third-order valence-corrected chi connectivity index (χ3v) is 5.34. The number of H-pyrrole nitrogens is 1. The van der Waals surface area contributed by atoms with Gasteiger partial charge in [0.2, 0.25) is 5.91 Å². The Hall–Kier alpha value is -2.63. The third kappa shape index (κ3) is 2.62. The maximum absolute atomic E-state index is 13.0. The van der Waals surface area contributed by atoms with Gasteiger partial charge in [0, 0.05) is 30.2 Å². The fourth-order valence-corrected chi connectivity index (χ4v) is 4.04. The number of para-hydroxylation sites is 1. The van der Waals surface area contributed by atoms with Crippen LogP contribution in [0, 0.1) is 13.8 Å². The summed E-state index contributed by atoms with van der Waals surface area (Å²) >= 11 is 0. The van der Waals surface area contributed by atoms with E-state index in [1.807, 2.05) is 47.8 Å². The van der Waals surface area contributed by atoms with Crippen LogP contribution >= 0.6 is 0 Å². The van der Waals surface area contributed by atoms with Crippen LogP contribution in [0.2, 0.25) is 0 Å². The summed E-state index contributed by atoms with van der Waals surface area (Å²) in [5, 5.41) is 12.9. The van der Waals surface area contributed by atoms with Crippen molar-refractivity contribution >= 4 is 16.8 Å². The second-order valence-electron chi connectivity index (χ2n) is 6.85. The molecule has 2 aromatic heterocycles. The number of aryl methyl sites for hydroxylation is 2. The molecule has 6 heteroatoms. The van der Waals surface area contributed by atoms with Crippen LogP contribution in [0.5, 0.6) is 0 Å². The molecule has 25 heavy (non-hydrogen) atoms. The molecule has 1 atom stereocenters. The predicted octanol–water partition coefficient (Wildman–Crippen LogP) is 2.82. The lowest BCUT2D eigenvalue weighted by molar-refractivity contribution is -0.131. The second-order valence-corrected chi connectivity index (χ2v) is 6.85. The molecular formula is C19H23N5O. The van der Waals surface area contributed by atoms with Crippen LogP contribution in [0.25, 0.3) is 10.9 Å². The number of benzene rings is 1. The van der Waals surface area contributed by atoms with E-state index >= 15 is 0 Å². The van der Waals surface area contributed by atoms with Crippen LogP contribution in [0.15, 0.2) is 24.3 Å². The Morgan fingerprint density at radius 3 is 2.88 bits per heavy atom. The highest BCUT2D eigenvalue weighted by atomic mass is 16.2. The SMILES string of the molecule is Cc1nn(C)c(C)c1[C@@H]1CCCN1C(=O)Cc1[nH]nc2ccccc12. The molecule has 1 saturated heterocycles. The number of hydrogen-bond acceptors (Lipinski definition) is 3. The summed E-state index contributed by atoms with van der Waals surface area (Å²) in [4.78, 5) is 15.0. The summed E-state index contributed by atoms with van der Waals surface area (Å²) in [6.45, 7) is 4.92. The molecule has 4 rings (SSSR count). The molecule has 1 fully saturated rings. The summed E-state index contributed by atoms with van der Waals surface area (Å²) in [5.74, 6) is 0.152. The number of aromatic amines is 1. The first-order valence-electron chi connectivity index (χ1n) is 8.78. The molecule has 1 aromatic carbocycles. The van der Waals surface area contributed by atoms with E-state index in [4.69, 9.17) is 0 Å². The van der Waals surface area contributed by atoms with E-state index in [-0.39, 0.29) is 11.9 Å². The Balaban J connectivity index is 1.61. The van der Waals surface area contributed by atoms with Gasteiger partial charge < -0.3 is 4.90 Å². The van der Waals surface area contributed by atoms with Gasteiger partial charge in [0.1, 0.15) is 0 Å². The van der Waals surface area contributed by atoms with Gasteiger partial charge in [0.05, 0.1) is 29.4 Å². The maximum atomic E-state index is 13.0. The summed E-state index contributed by atoms with van der Waals surface area (Å²) in [6.07, 6.45) is 2.39. The van der Waals surface area contributed by atoms with Crippen molar-refractivity contribution in [3.8, 4) is 0 Å². The van der Waals surface area contributed by atoms with Crippen LogP contribution in [0.1, 0.15) is 41.5 Å². The molecule has 3 aromatic rings. The molecule has 0 bridgehead atoms. The second kappa shape index (κ2) is 6.02. The van der Waals surface area contributed by atoms with Crippen molar-refractivity contribution in [3.63, 3.8) is 0 Å². The first kappa shape index (κ1) is 15.9. The molecule has 130 valence electrons. The van der Waals surface area contributed by atoms with Crippen molar-refractivity contribution in [2.24, 2.45) is 7.05 Å². The zero-order valence-corrected chi connectivity index (χ0v) is 14.9. The Morgan fingerprint density at radius 1 is 1.32 bits per heavy atom. The van der Waals surface area contributed by atoms with Gasteiger partial charge in [0.25, 0.3) is 0 Å². The van der Waals surface area contributed by atoms with E-state index in [0.29, 0.717) is 6.42 Å². The van der Waals surface area contributed by atoms with E-state index < -0.39 is 0 Å². The molecular weight excluding hydrogens is 314 g/mol. The normalized spacial score (nSPS) is 17.6. The topological polar surface area (TPSA) is 66.8 Å². The van der Waals surface area contributed by atoms with E-state index in [1.54, 1.807) is 0 Å². The fourth-order valence-electron chi connectivity index (χ4n) is 4.04. The van der Waals surface area contributed by atoms with Gasteiger partial charge in [-0.3, -0.25) is 14.6 Å². The van der Waals surface area contributed by atoms with Crippen LogP contribution in [-0.4, -0.2) is 37.3 Å². The van der Waals surface area contributed by atoms with Crippen LogP contribution in [0.3, 0.4) is 0 Å². The summed E-state index contributed by atoms with van der Waals surface area (Å²) in [5.41, 5.74) is 5.18. The van der Waals surface area contributed by atoms with E-state index in [0.717, 1.165) is 47.4 Å². The molecule has 1 N–H and O–H groups in total. The Morgan fingerprint density at radius 2 is 2.12 bits per heavy atom. The highest BCUT2D eigenvalue weighted by Gasteiger charge is 2.33. The van der Waals surface area contributed by atoms with E-state index in [2.05, 4.69) is 22.2 Å². The Bertz CT molecular complexity index is 939. The lowest BCUT2D eigenvalue weighted by atomic mass is 10.0. The lowest BCUT2D eigenvalue weighted by Crippen LogP contribution is -2.32. The summed E-state index contributed by atoms with van der Waals surface area (Å²) < 4.78 is 1.91. The monoisotopic (exact) mass is 337 g/mol. The van der Waals surface area contributed by atoms with E-state index in [9.17, 15) is 4.79 Å². The van der Waals surface area contributed by atoms with Gasteiger partial charge in [-0.05, 0) is 32.8 Å². The van der Waals surface area contributed by atoms with Gasteiger partial charge in [-0.15, -0.1) is 0 Å². The van der Waals surface area contributed by atoms with Crippen molar-refractivity contribution in [3.05, 3.63) is 46.9 Å². The first-order valence-corrected chi connectivity index (χ1v) is 8.78. The molecule has 6 nitrogen and oxygen atoms in total. The minimum Gasteiger partial charge on any atom is -0.335 e. The number of nitrogens with one attached hydrogen (secondary N) is 1. The number of carbonyl (C=O) groups is 1. The van der Waals surface area contributed by atoms with Gasteiger partial charge in [0.15, 0.2) is 0 Å². The predicted molar refractivity (Wildman–Crippen MR) is 96.2 cm³/mol. The van der Waals surface area contributed by atoms with Crippen molar-refractivity contribution < 1.29 is 4.79 Å². The average molecular weight is 337 g/mol. The molecule has 0 aliphatic carbocycles. The molecule has 0 unspecified atom stereocenters. The highest BCUT2D eigenvalue weighted by Crippen LogP contribution is 2.35. The lowest BCUT2D eigenvalue weighted by Gasteiger charge is -2.25. The minimum absolute atomic E-state index is 0.135. The molecule has 3 heterocycles. The van der Waals surface area contributed by atoms with Crippen LogP contribution < -0.4 is 0 Å². The minimum atomic E-state index is 0.135. The number of rotatable bonds is 3. The van der Waals surface area contributed by atoms with Gasteiger partial charge in [-0.25, -0.2) is 0 Å². The number of hydrogen-bond donors (Lipinski definition) is 1. The molecule has 1 aliphatic rings. The van der Waals surface area contributed by atoms with Crippen molar-refractivity contribution in [1.82, 2.24) is 24.9 Å². The number of fused-ring (bicyclic) bond motifs is 1. The van der Waals surface area contributed by atoms with Crippen LogP contribution in [0.4, 0.5) is 0 Å². The number of carbonyl (C=O) groups excluding carboxylic acids is 1. The molecule has 0 saturated carbocycles. The number of amides is 1. The molecule has 0 radical (unpaired) electrons. The van der Waals surface area contributed by atoms with Crippen molar-refractivity contribution in [2.75, 3.05) is 6.54 Å². The van der Waals surface area contributed by atoms with Crippen molar-refractivity contribution in [1.29, 1.82) is 0 Å².